The molecule has 1 aromatic carbocycles. The van der Waals surface area contributed by atoms with Gasteiger partial charge in [-0.2, -0.15) is 5.26 Å². The van der Waals surface area contributed by atoms with E-state index in [9.17, 15) is 5.26 Å². The van der Waals surface area contributed by atoms with Crippen molar-refractivity contribution in [3.8, 4) is 6.07 Å². The maximum absolute atomic E-state index is 9.18. The fraction of sp³-hybridized carbons (Fsp3) is 0.462. The predicted molar refractivity (Wildman–Crippen MR) is 71.0 cm³/mol. The zero-order valence-electron chi connectivity index (χ0n) is 9.92. The Bertz CT molecular complexity index is 369. The molecule has 16 heavy (non-hydrogen) atoms. The minimum Gasteiger partial charge on any atom is -0.384 e. The normalized spacial score (nSPS) is 9.81. The Balaban J connectivity index is 2.83. The van der Waals surface area contributed by atoms with E-state index in [4.69, 9.17) is 0 Å². The highest BCUT2D eigenvalue weighted by molar-refractivity contribution is 7.99. The highest BCUT2D eigenvalue weighted by Gasteiger charge is 2.06. The molecule has 0 fully saturated rings. The lowest BCUT2D eigenvalue weighted by Gasteiger charge is -2.10. The smallest absolute Gasteiger partial charge is 0.102 e. The predicted octanol–water partition coefficient (Wildman–Crippen LogP) is 3.88. The quantitative estimate of drug-likeness (QED) is 0.599. The summed E-state index contributed by atoms with van der Waals surface area (Å²) in [4.78, 5) is 1.08. The molecule has 0 heterocycles. The molecule has 0 radical (unpaired) electrons. The largest absolute Gasteiger partial charge is 0.384 e. The Kier molecular flexibility index (Phi) is 5.81. The molecule has 1 aromatic rings. The van der Waals surface area contributed by atoms with Crippen LogP contribution in [0.2, 0.25) is 0 Å². The molecule has 0 spiro atoms. The van der Waals surface area contributed by atoms with Crippen molar-refractivity contribution in [2.24, 2.45) is 0 Å². The number of benzene rings is 1. The Labute approximate surface area is 102 Å². The number of rotatable bonds is 6. The minimum atomic E-state index is 0.783. The molecular formula is C13H18N2S. The number of anilines is 1. The minimum absolute atomic E-state index is 0.783. The Hall–Kier alpha value is -1.14. The van der Waals surface area contributed by atoms with Gasteiger partial charge in [0.2, 0.25) is 0 Å². The third-order valence-electron chi connectivity index (χ3n) is 2.28. The third kappa shape index (κ3) is 3.46. The summed E-state index contributed by atoms with van der Waals surface area (Å²) in [5, 5.41) is 12.5. The van der Waals surface area contributed by atoms with Gasteiger partial charge in [-0.3, -0.25) is 0 Å². The van der Waals surface area contributed by atoms with Gasteiger partial charge in [0.05, 0.1) is 11.3 Å². The summed E-state index contributed by atoms with van der Waals surface area (Å²) >= 11 is 1.72. The molecule has 0 saturated heterocycles. The van der Waals surface area contributed by atoms with Crippen molar-refractivity contribution in [3.05, 3.63) is 23.8 Å². The van der Waals surface area contributed by atoms with E-state index in [0.717, 1.165) is 41.3 Å². The van der Waals surface area contributed by atoms with Gasteiger partial charge in [-0.25, -0.2) is 0 Å². The van der Waals surface area contributed by atoms with Crippen molar-refractivity contribution in [2.45, 2.75) is 31.6 Å². The molecule has 86 valence electrons. The van der Waals surface area contributed by atoms with E-state index in [-0.39, 0.29) is 0 Å². The van der Waals surface area contributed by atoms with E-state index >= 15 is 0 Å². The summed E-state index contributed by atoms with van der Waals surface area (Å²) < 4.78 is 0. The Morgan fingerprint density at radius 3 is 2.81 bits per heavy atom. The van der Waals surface area contributed by atoms with Gasteiger partial charge < -0.3 is 5.32 Å². The fourth-order valence-corrected chi connectivity index (χ4v) is 2.26. The molecule has 0 aliphatic heterocycles. The zero-order chi connectivity index (χ0) is 11.8. The third-order valence-corrected chi connectivity index (χ3v) is 3.22. The van der Waals surface area contributed by atoms with Crippen molar-refractivity contribution in [3.63, 3.8) is 0 Å². The molecule has 0 aliphatic carbocycles. The first kappa shape index (κ1) is 12.9. The number of nitrogens with one attached hydrogen (secondary N) is 1. The number of nitriles is 1. The molecule has 1 N–H and O–H groups in total. The molecule has 0 amide bonds. The fourth-order valence-electron chi connectivity index (χ4n) is 1.47. The molecule has 0 atom stereocenters. The van der Waals surface area contributed by atoms with Gasteiger partial charge >= 0.3 is 0 Å². The number of hydrogen-bond acceptors (Lipinski definition) is 3. The van der Waals surface area contributed by atoms with Crippen LogP contribution < -0.4 is 5.32 Å². The van der Waals surface area contributed by atoms with E-state index in [1.807, 2.05) is 18.2 Å². The van der Waals surface area contributed by atoms with E-state index in [0.29, 0.717) is 0 Å². The summed E-state index contributed by atoms with van der Waals surface area (Å²) in [6.45, 7) is 5.20. The number of unbranched alkanes of at least 4 members (excludes halogenated alkanes) is 1. The van der Waals surface area contributed by atoms with E-state index in [1.54, 1.807) is 11.8 Å². The van der Waals surface area contributed by atoms with Crippen LogP contribution in [0, 0.1) is 11.3 Å². The van der Waals surface area contributed by atoms with Gasteiger partial charge in [-0.05, 0) is 24.3 Å². The standard InChI is InChI=1S/C13H18N2S/c1-3-5-9-15-12-7-6-8-13(16-4-2)11(12)10-14/h6-8,15H,3-5,9H2,1-2H3. The van der Waals surface area contributed by atoms with Gasteiger partial charge in [0.1, 0.15) is 6.07 Å². The maximum atomic E-state index is 9.18. The molecular weight excluding hydrogens is 216 g/mol. The second-order valence-corrected chi connectivity index (χ2v) is 4.81. The average Bonchev–Trinajstić information content (AvgIpc) is 2.30. The SMILES string of the molecule is CCCCNc1cccc(SCC)c1C#N. The molecule has 1 rings (SSSR count). The topological polar surface area (TPSA) is 35.8 Å². The summed E-state index contributed by atoms with van der Waals surface area (Å²) in [6.07, 6.45) is 2.30. The van der Waals surface area contributed by atoms with Crippen LogP contribution in [-0.4, -0.2) is 12.3 Å². The van der Waals surface area contributed by atoms with Crippen LogP contribution in [0.3, 0.4) is 0 Å². The first-order valence-corrected chi connectivity index (χ1v) is 6.71. The van der Waals surface area contributed by atoms with Crippen molar-refractivity contribution in [1.82, 2.24) is 0 Å². The van der Waals surface area contributed by atoms with Crippen LogP contribution in [-0.2, 0) is 0 Å². The van der Waals surface area contributed by atoms with Crippen LogP contribution in [0.25, 0.3) is 0 Å². The summed E-state index contributed by atoms with van der Waals surface area (Å²) in [7, 11) is 0. The van der Waals surface area contributed by atoms with Gasteiger partial charge in [0.25, 0.3) is 0 Å². The average molecular weight is 234 g/mol. The van der Waals surface area contributed by atoms with Crippen LogP contribution >= 0.6 is 11.8 Å². The molecule has 0 aromatic heterocycles. The second kappa shape index (κ2) is 7.19. The first-order chi connectivity index (χ1) is 7.83. The second-order valence-electron chi connectivity index (χ2n) is 3.50. The van der Waals surface area contributed by atoms with E-state index < -0.39 is 0 Å². The molecule has 0 saturated carbocycles. The lowest BCUT2D eigenvalue weighted by Crippen LogP contribution is -2.03. The lowest BCUT2D eigenvalue weighted by atomic mass is 10.2. The Morgan fingerprint density at radius 2 is 2.19 bits per heavy atom. The molecule has 0 unspecified atom stereocenters. The van der Waals surface area contributed by atoms with Gasteiger partial charge in [0.15, 0.2) is 0 Å². The molecule has 2 nitrogen and oxygen atoms in total. The van der Waals surface area contributed by atoms with Crippen molar-refractivity contribution in [1.29, 1.82) is 5.26 Å². The van der Waals surface area contributed by atoms with Crippen LogP contribution in [0.15, 0.2) is 23.1 Å². The van der Waals surface area contributed by atoms with Gasteiger partial charge in [0, 0.05) is 11.4 Å². The van der Waals surface area contributed by atoms with Crippen molar-refractivity contribution >= 4 is 17.4 Å². The Morgan fingerprint density at radius 1 is 1.38 bits per heavy atom. The first-order valence-electron chi connectivity index (χ1n) is 5.73. The van der Waals surface area contributed by atoms with Crippen LogP contribution in [0.4, 0.5) is 5.69 Å². The zero-order valence-corrected chi connectivity index (χ0v) is 10.7. The monoisotopic (exact) mass is 234 g/mol. The lowest BCUT2D eigenvalue weighted by molar-refractivity contribution is 0.834. The van der Waals surface area contributed by atoms with Crippen molar-refractivity contribution in [2.75, 3.05) is 17.6 Å². The van der Waals surface area contributed by atoms with E-state index in [2.05, 4.69) is 25.2 Å². The highest BCUT2D eigenvalue weighted by atomic mass is 32.2. The van der Waals surface area contributed by atoms with Crippen molar-refractivity contribution < 1.29 is 0 Å². The van der Waals surface area contributed by atoms with Crippen LogP contribution in [0.5, 0.6) is 0 Å². The number of hydrogen-bond donors (Lipinski definition) is 1. The summed E-state index contributed by atoms with van der Waals surface area (Å²) in [5.74, 6) is 0.993. The summed E-state index contributed by atoms with van der Waals surface area (Å²) in [6, 6.07) is 8.29. The summed E-state index contributed by atoms with van der Waals surface area (Å²) in [5.41, 5.74) is 1.75. The molecule has 3 heteroatoms. The number of thioether (sulfide) groups is 1. The van der Waals surface area contributed by atoms with Gasteiger partial charge in [-0.1, -0.05) is 26.3 Å². The molecule has 0 bridgehead atoms. The molecule has 0 aliphatic rings. The highest BCUT2D eigenvalue weighted by Crippen LogP contribution is 2.27. The van der Waals surface area contributed by atoms with Crippen LogP contribution in [0.1, 0.15) is 32.3 Å². The number of nitrogens with zero attached hydrogens (tertiary/aromatic N) is 1. The van der Waals surface area contributed by atoms with Gasteiger partial charge in [-0.15, -0.1) is 11.8 Å². The maximum Gasteiger partial charge on any atom is 0.102 e. The van der Waals surface area contributed by atoms with E-state index in [1.165, 1.54) is 0 Å².